The Morgan fingerprint density at radius 1 is 1.25 bits per heavy atom. The molecule has 1 heterocycles. The second-order valence-electron chi connectivity index (χ2n) is 6.84. The summed E-state index contributed by atoms with van der Waals surface area (Å²) >= 11 is 5.80. The predicted molar refractivity (Wildman–Crippen MR) is 121 cm³/mol. The van der Waals surface area contributed by atoms with Crippen molar-refractivity contribution in [3.63, 3.8) is 0 Å². The fourth-order valence-corrected chi connectivity index (χ4v) is 3.38. The van der Waals surface area contributed by atoms with E-state index in [1.807, 2.05) is 4.90 Å². The van der Waals surface area contributed by atoms with E-state index in [4.69, 9.17) is 21.1 Å². The molecule has 168 valence electrons. The molecule has 1 N–H and O–H groups in total. The van der Waals surface area contributed by atoms with Crippen LogP contribution in [-0.4, -0.2) is 49.7 Å². The van der Waals surface area contributed by atoms with Gasteiger partial charge in [0.2, 0.25) is 5.91 Å². The van der Waals surface area contributed by atoms with Gasteiger partial charge < -0.3 is 19.7 Å². The lowest BCUT2D eigenvalue weighted by Crippen LogP contribution is -2.37. The SMILES string of the molecule is CCOC(=O)c1cc(NC(=O)/C=C/c2ccc(Cl)c([N+](=O)[O-])c2)ccc1N1CCOCC1. The molecule has 1 saturated heterocycles. The van der Waals surface area contributed by atoms with Crippen molar-refractivity contribution in [3.8, 4) is 0 Å². The van der Waals surface area contributed by atoms with Gasteiger partial charge in [-0.1, -0.05) is 17.7 Å². The number of ether oxygens (including phenoxy) is 2. The van der Waals surface area contributed by atoms with Crippen LogP contribution in [0, 0.1) is 10.1 Å². The lowest BCUT2D eigenvalue weighted by Gasteiger charge is -2.30. The Morgan fingerprint density at radius 2 is 2.00 bits per heavy atom. The van der Waals surface area contributed by atoms with E-state index in [1.54, 1.807) is 31.2 Å². The number of anilines is 2. The number of rotatable bonds is 7. The molecule has 2 aromatic rings. The highest BCUT2D eigenvalue weighted by Gasteiger charge is 2.20. The summed E-state index contributed by atoms with van der Waals surface area (Å²) in [5.41, 5.74) is 1.69. The van der Waals surface area contributed by atoms with Crippen LogP contribution in [0.1, 0.15) is 22.8 Å². The van der Waals surface area contributed by atoms with Gasteiger partial charge in [-0.05, 0) is 42.8 Å². The number of nitro benzene ring substituents is 1. The highest BCUT2D eigenvalue weighted by Crippen LogP contribution is 2.27. The average Bonchev–Trinajstić information content (AvgIpc) is 2.79. The Hall–Kier alpha value is -3.43. The number of halogens is 1. The number of nitrogens with zero attached hydrogens (tertiary/aromatic N) is 2. The van der Waals surface area contributed by atoms with Gasteiger partial charge in [0.25, 0.3) is 5.69 Å². The number of hydrogen-bond donors (Lipinski definition) is 1. The Labute approximate surface area is 189 Å². The van der Waals surface area contributed by atoms with Crippen LogP contribution in [0.15, 0.2) is 42.5 Å². The third-order valence-corrected chi connectivity index (χ3v) is 5.02. The third-order valence-electron chi connectivity index (χ3n) is 4.71. The molecule has 1 aliphatic rings. The Balaban J connectivity index is 1.77. The van der Waals surface area contributed by atoms with Crippen LogP contribution in [-0.2, 0) is 14.3 Å². The van der Waals surface area contributed by atoms with Gasteiger partial charge in [0.15, 0.2) is 0 Å². The Morgan fingerprint density at radius 3 is 2.69 bits per heavy atom. The van der Waals surface area contributed by atoms with E-state index in [-0.39, 0.29) is 17.3 Å². The average molecular weight is 460 g/mol. The molecule has 1 amide bonds. The molecule has 0 unspecified atom stereocenters. The number of nitrogens with one attached hydrogen (secondary N) is 1. The van der Waals surface area contributed by atoms with Gasteiger partial charge in [-0.2, -0.15) is 0 Å². The van der Waals surface area contributed by atoms with Crippen LogP contribution in [0.2, 0.25) is 5.02 Å². The maximum Gasteiger partial charge on any atom is 0.340 e. The van der Waals surface area contributed by atoms with Crippen molar-refractivity contribution in [2.24, 2.45) is 0 Å². The standard InChI is InChI=1S/C22H22ClN3O6/c1-2-32-22(28)17-14-16(5-7-19(17)25-9-11-31-12-10-25)24-21(27)8-4-15-3-6-18(23)20(13-15)26(29)30/h3-8,13-14H,2,9-12H2,1H3,(H,24,27)/b8-4+. The lowest BCUT2D eigenvalue weighted by molar-refractivity contribution is -0.384. The molecule has 0 atom stereocenters. The first-order chi connectivity index (χ1) is 15.4. The molecule has 0 bridgehead atoms. The first-order valence-electron chi connectivity index (χ1n) is 9.96. The number of carbonyl (C=O) groups excluding carboxylic acids is 2. The van der Waals surface area contributed by atoms with Gasteiger partial charge in [0.05, 0.1) is 36.0 Å². The summed E-state index contributed by atoms with van der Waals surface area (Å²) in [6.07, 6.45) is 2.68. The molecular formula is C22H22ClN3O6. The summed E-state index contributed by atoms with van der Waals surface area (Å²) in [5, 5.41) is 13.7. The van der Waals surface area contributed by atoms with Crippen LogP contribution in [0.4, 0.5) is 17.1 Å². The summed E-state index contributed by atoms with van der Waals surface area (Å²) in [7, 11) is 0. The minimum Gasteiger partial charge on any atom is -0.462 e. The fraction of sp³-hybridized carbons (Fsp3) is 0.273. The summed E-state index contributed by atoms with van der Waals surface area (Å²) in [6.45, 7) is 4.38. The van der Waals surface area contributed by atoms with Crippen LogP contribution in [0.3, 0.4) is 0 Å². The summed E-state index contributed by atoms with van der Waals surface area (Å²) in [6, 6.07) is 9.28. The van der Waals surface area contributed by atoms with Crippen molar-refractivity contribution in [3.05, 3.63) is 68.7 Å². The minimum absolute atomic E-state index is 0.0171. The normalized spacial score (nSPS) is 13.8. The highest BCUT2D eigenvalue weighted by molar-refractivity contribution is 6.32. The van der Waals surface area contributed by atoms with Crippen LogP contribution in [0.5, 0.6) is 0 Å². The van der Waals surface area contributed by atoms with Crippen molar-refractivity contribution in [2.75, 3.05) is 43.1 Å². The van der Waals surface area contributed by atoms with Crippen molar-refractivity contribution in [1.82, 2.24) is 0 Å². The largest absolute Gasteiger partial charge is 0.462 e. The lowest BCUT2D eigenvalue weighted by atomic mass is 10.1. The fourth-order valence-electron chi connectivity index (χ4n) is 3.20. The summed E-state index contributed by atoms with van der Waals surface area (Å²) < 4.78 is 10.5. The number of hydrogen-bond acceptors (Lipinski definition) is 7. The molecule has 3 rings (SSSR count). The number of esters is 1. The molecule has 0 saturated carbocycles. The molecule has 1 fully saturated rings. The Bertz CT molecular complexity index is 1050. The molecule has 0 radical (unpaired) electrons. The van der Waals surface area contributed by atoms with E-state index >= 15 is 0 Å². The summed E-state index contributed by atoms with van der Waals surface area (Å²) in [5.74, 6) is -0.939. The number of nitro groups is 1. The van der Waals surface area contributed by atoms with E-state index in [0.717, 1.165) is 0 Å². The van der Waals surface area contributed by atoms with E-state index in [2.05, 4.69) is 5.32 Å². The minimum atomic E-state index is -0.591. The predicted octanol–water partition coefficient (Wildman–Crippen LogP) is 3.91. The van der Waals surface area contributed by atoms with Gasteiger partial charge in [-0.3, -0.25) is 14.9 Å². The van der Waals surface area contributed by atoms with Crippen LogP contribution < -0.4 is 10.2 Å². The number of carbonyl (C=O) groups is 2. The first kappa shape index (κ1) is 23.2. The number of morpholine rings is 1. The number of amides is 1. The van der Waals surface area contributed by atoms with Crippen molar-refractivity contribution in [2.45, 2.75) is 6.92 Å². The van der Waals surface area contributed by atoms with Crippen molar-refractivity contribution >= 4 is 46.6 Å². The molecule has 0 spiro atoms. The van der Waals surface area contributed by atoms with Gasteiger partial charge in [-0.15, -0.1) is 0 Å². The highest BCUT2D eigenvalue weighted by atomic mass is 35.5. The van der Waals surface area contributed by atoms with Crippen molar-refractivity contribution < 1.29 is 24.0 Å². The van der Waals surface area contributed by atoms with Crippen LogP contribution >= 0.6 is 11.6 Å². The van der Waals surface area contributed by atoms with Gasteiger partial charge in [0, 0.05) is 30.9 Å². The maximum atomic E-state index is 12.5. The Kier molecular flexibility index (Phi) is 7.80. The van der Waals surface area contributed by atoms with Gasteiger partial charge in [0.1, 0.15) is 5.02 Å². The van der Waals surface area contributed by atoms with Crippen molar-refractivity contribution in [1.29, 1.82) is 0 Å². The van der Waals surface area contributed by atoms with Crippen LogP contribution in [0.25, 0.3) is 6.08 Å². The zero-order valence-electron chi connectivity index (χ0n) is 17.4. The molecule has 32 heavy (non-hydrogen) atoms. The molecule has 2 aromatic carbocycles. The molecule has 0 aromatic heterocycles. The first-order valence-corrected chi connectivity index (χ1v) is 10.3. The second kappa shape index (κ2) is 10.7. The zero-order chi connectivity index (χ0) is 23.1. The molecule has 1 aliphatic heterocycles. The second-order valence-corrected chi connectivity index (χ2v) is 7.25. The monoisotopic (exact) mass is 459 g/mol. The summed E-state index contributed by atoms with van der Waals surface area (Å²) in [4.78, 5) is 37.3. The van der Waals surface area contributed by atoms with Gasteiger partial charge in [-0.25, -0.2) is 4.79 Å². The van der Waals surface area contributed by atoms with Gasteiger partial charge >= 0.3 is 5.97 Å². The van der Waals surface area contributed by atoms with E-state index in [0.29, 0.717) is 48.8 Å². The van der Waals surface area contributed by atoms with E-state index in [1.165, 1.54) is 24.3 Å². The van der Waals surface area contributed by atoms with E-state index < -0.39 is 16.8 Å². The smallest absolute Gasteiger partial charge is 0.340 e. The third kappa shape index (κ3) is 5.83. The maximum absolute atomic E-state index is 12.5. The number of benzene rings is 2. The molecule has 9 nitrogen and oxygen atoms in total. The molecular weight excluding hydrogens is 438 g/mol. The zero-order valence-corrected chi connectivity index (χ0v) is 18.1. The quantitative estimate of drug-likeness (QED) is 0.289. The molecule has 0 aliphatic carbocycles. The van der Waals surface area contributed by atoms with E-state index in [9.17, 15) is 19.7 Å². The topological polar surface area (TPSA) is 111 Å². The molecule has 10 heteroatoms.